The topological polar surface area (TPSA) is 24.9 Å². The molecule has 0 aliphatic heterocycles. The average Bonchev–Trinajstić information content (AvgIpc) is 2.40. The summed E-state index contributed by atoms with van der Waals surface area (Å²) in [6, 6.07) is 12.9. The first-order valence-electron chi connectivity index (χ1n) is 6.13. The summed E-state index contributed by atoms with van der Waals surface area (Å²) >= 11 is 3.50. The number of benzene rings is 1. The van der Waals surface area contributed by atoms with E-state index in [-0.39, 0.29) is 0 Å². The second-order valence-corrected chi connectivity index (χ2v) is 5.26. The minimum absolute atomic E-state index is 0.360. The maximum absolute atomic E-state index is 4.12. The molecule has 0 fully saturated rings. The lowest BCUT2D eigenvalue weighted by atomic mass is 10.1. The van der Waals surface area contributed by atoms with Crippen molar-refractivity contribution < 1.29 is 0 Å². The Morgan fingerprint density at radius 1 is 1.28 bits per heavy atom. The van der Waals surface area contributed by atoms with Crippen LogP contribution in [0.15, 0.2) is 53.3 Å². The van der Waals surface area contributed by atoms with Gasteiger partial charge in [0.25, 0.3) is 0 Å². The molecule has 2 aromatic rings. The number of nitrogens with one attached hydrogen (secondary N) is 1. The van der Waals surface area contributed by atoms with E-state index in [1.165, 1.54) is 11.1 Å². The molecule has 94 valence electrons. The van der Waals surface area contributed by atoms with E-state index >= 15 is 0 Å². The quantitative estimate of drug-likeness (QED) is 0.910. The fourth-order valence-electron chi connectivity index (χ4n) is 1.87. The van der Waals surface area contributed by atoms with Gasteiger partial charge in [-0.05, 0) is 49.2 Å². The number of pyridine rings is 1. The van der Waals surface area contributed by atoms with E-state index in [2.05, 4.69) is 57.4 Å². The van der Waals surface area contributed by atoms with Gasteiger partial charge < -0.3 is 5.32 Å². The fraction of sp³-hybridized carbons (Fsp3) is 0.267. The molecule has 0 radical (unpaired) electrons. The zero-order valence-corrected chi connectivity index (χ0v) is 12.0. The molecule has 1 aromatic heterocycles. The SMILES string of the molecule is C[C@@H](NCCc1cccnc1)c1cccc(Br)c1. The number of hydrogen-bond acceptors (Lipinski definition) is 2. The highest BCUT2D eigenvalue weighted by molar-refractivity contribution is 9.10. The first-order valence-corrected chi connectivity index (χ1v) is 6.93. The van der Waals surface area contributed by atoms with Crippen LogP contribution in [0.3, 0.4) is 0 Å². The largest absolute Gasteiger partial charge is 0.310 e. The van der Waals surface area contributed by atoms with Gasteiger partial charge in [0.2, 0.25) is 0 Å². The second kappa shape index (κ2) is 6.66. The third kappa shape index (κ3) is 3.93. The van der Waals surface area contributed by atoms with E-state index in [1.807, 2.05) is 18.3 Å². The van der Waals surface area contributed by atoms with E-state index in [0.717, 1.165) is 17.4 Å². The summed E-state index contributed by atoms with van der Waals surface area (Å²) in [4.78, 5) is 4.12. The zero-order chi connectivity index (χ0) is 12.8. The van der Waals surface area contributed by atoms with Crippen molar-refractivity contribution in [3.05, 3.63) is 64.4 Å². The Morgan fingerprint density at radius 2 is 2.17 bits per heavy atom. The van der Waals surface area contributed by atoms with Crippen LogP contribution in [0.1, 0.15) is 24.1 Å². The summed E-state index contributed by atoms with van der Waals surface area (Å²) in [7, 11) is 0. The number of aromatic nitrogens is 1. The minimum atomic E-state index is 0.360. The standard InChI is InChI=1S/C15H17BrN2/c1-12(14-5-2-6-15(16)10-14)18-9-7-13-4-3-8-17-11-13/h2-6,8,10-12,18H,7,9H2,1H3/t12-/m1/s1. The average molecular weight is 305 g/mol. The van der Waals surface area contributed by atoms with Crippen LogP contribution in [0.4, 0.5) is 0 Å². The molecule has 0 bridgehead atoms. The molecular formula is C15H17BrN2. The van der Waals surface area contributed by atoms with Gasteiger partial charge in [-0.3, -0.25) is 4.98 Å². The van der Waals surface area contributed by atoms with Crippen LogP contribution in [0.25, 0.3) is 0 Å². The zero-order valence-electron chi connectivity index (χ0n) is 10.4. The van der Waals surface area contributed by atoms with E-state index in [1.54, 1.807) is 6.20 Å². The Hall–Kier alpha value is -1.19. The lowest BCUT2D eigenvalue weighted by Gasteiger charge is -2.14. The third-order valence-corrected chi connectivity index (χ3v) is 3.43. The molecular weight excluding hydrogens is 288 g/mol. The lowest BCUT2D eigenvalue weighted by molar-refractivity contribution is 0.576. The van der Waals surface area contributed by atoms with Crippen molar-refractivity contribution in [3.8, 4) is 0 Å². The second-order valence-electron chi connectivity index (χ2n) is 4.34. The molecule has 2 nitrogen and oxygen atoms in total. The molecule has 0 saturated carbocycles. The van der Waals surface area contributed by atoms with Crippen molar-refractivity contribution in [1.29, 1.82) is 0 Å². The number of halogens is 1. The maximum atomic E-state index is 4.12. The summed E-state index contributed by atoms with van der Waals surface area (Å²) in [6.07, 6.45) is 4.73. The van der Waals surface area contributed by atoms with Gasteiger partial charge >= 0.3 is 0 Å². The molecule has 0 spiro atoms. The van der Waals surface area contributed by atoms with Gasteiger partial charge in [0.1, 0.15) is 0 Å². The highest BCUT2D eigenvalue weighted by Crippen LogP contribution is 2.17. The Balaban J connectivity index is 1.83. The molecule has 0 aliphatic carbocycles. The van der Waals surface area contributed by atoms with Crippen LogP contribution < -0.4 is 5.32 Å². The number of nitrogens with zero attached hydrogens (tertiary/aromatic N) is 1. The summed E-state index contributed by atoms with van der Waals surface area (Å²) in [5, 5.41) is 3.53. The van der Waals surface area contributed by atoms with Gasteiger partial charge in [0, 0.05) is 22.9 Å². The highest BCUT2D eigenvalue weighted by atomic mass is 79.9. The molecule has 1 atom stereocenters. The van der Waals surface area contributed by atoms with Gasteiger partial charge in [-0.1, -0.05) is 34.1 Å². The molecule has 1 heterocycles. The van der Waals surface area contributed by atoms with Gasteiger partial charge in [-0.25, -0.2) is 0 Å². The molecule has 1 aromatic carbocycles. The molecule has 18 heavy (non-hydrogen) atoms. The third-order valence-electron chi connectivity index (χ3n) is 2.94. The highest BCUT2D eigenvalue weighted by Gasteiger charge is 2.04. The van der Waals surface area contributed by atoms with Gasteiger partial charge in [-0.2, -0.15) is 0 Å². The Bertz CT molecular complexity index is 485. The molecule has 0 amide bonds. The smallest absolute Gasteiger partial charge is 0.0300 e. The summed E-state index contributed by atoms with van der Waals surface area (Å²) in [6.45, 7) is 3.14. The van der Waals surface area contributed by atoms with E-state index < -0.39 is 0 Å². The van der Waals surface area contributed by atoms with Crippen LogP contribution in [0, 0.1) is 0 Å². The van der Waals surface area contributed by atoms with Crippen molar-refractivity contribution in [2.45, 2.75) is 19.4 Å². The van der Waals surface area contributed by atoms with Crippen LogP contribution in [0.2, 0.25) is 0 Å². The maximum Gasteiger partial charge on any atom is 0.0300 e. The fourth-order valence-corrected chi connectivity index (χ4v) is 2.29. The van der Waals surface area contributed by atoms with Crippen molar-refractivity contribution in [3.63, 3.8) is 0 Å². The molecule has 1 N–H and O–H groups in total. The Labute approximate surface area is 117 Å². The molecule has 0 aliphatic rings. The van der Waals surface area contributed by atoms with Crippen LogP contribution in [-0.4, -0.2) is 11.5 Å². The van der Waals surface area contributed by atoms with Crippen molar-refractivity contribution in [2.75, 3.05) is 6.54 Å². The first kappa shape index (κ1) is 13.2. The number of rotatable bonds is 5. The lowest BCUT2D eigenvalue weighted by Crippen LogP contribution is -2.21. The summed E-state index contributed by atoms with van der Waals surface area (Å²) < 4.78 is 1.13. The van der Waals surface area contributed by atoms with Gasteiger partial charge in [-0.15, -0.1) is 0 Å². The first-order chi connectivity index (χ1) is 8.75. The van der Waals surface area contributed by atoms with E-state index in [9.17, 15) is 0 Å². The van der Waals surface area contributed by atoms with Crippen molar-refractivity contribution in [1.82, 2.24) is 10.3 Å². The van der Waals surface area contributed by atoms with Crippen LogP contribution >= 0.6 is 15.9 Å². The van der Waals surface area contributed by atoms with E-state index in [0.29, 0.717) is 6.04 Å². The summed E-state index contributed by atoms with van der Waals surface area (Å²) in [5.41, 5.74) is 2.57. The Kier molecular flexibility index (Phi) is 4.90. The Morgan fingerprint density at radius 3 is 2.89 bits per heavy atom. The molecule has 2 rings (SSSR count). The van der Waals surface area contributed by atoms with Gasteiger partial charge in [0.05, 0.1) is 0 Å². The van der Waals surface area contributed by atoms with Crippen molar-refractivity contribution >= 4 is 15.9 Å². The minimum Gasteiger partial charge on any atom is -0.310 e. The molecule has 0 saturated heterocycles. The van der Waals surface area contributed by atoms with Crippen molar-refractivity contribution in [2.24, 2.45) is 0 Å². The predicted octanol–water partition coefficient (Wildman–Crippen LogP) is 3.74. The van der Waals surface area contributed by atoms with Crippen LogP contribution in [-0.2, 0) is 6.42 Å². The summed E-state index contributed by atoms with van der Waals surface area (Å²) in [5.74, 6) is 0. The monoisotopic (exact) mass is 304 g/mol. The van der Waals surface area contributed by atoms with Crippen LogP contribution in [0.5, 0.6) is 0 Å². The molecule has 3 heteroatoms. The van der Waals surface area contributed by atoms with Gasteiger partial charge in [0.15, 0.2) is 0 Å². The van der Waals surface area contributed by atoms with E-state index in [4.69, 9.17) is 0 Å². The normalized spacial score (nSPS) is 12.3. The number of hydrogen-bond donors (Lipinski definition) is 1. The predicted molar refractivity (Wildman–Crippen MR) is 78.5 cm³/mol. The molecule has 0 unspecified atom stereocenters.